The van der Waals surface area contributed by atoms with E-state index in [9.17, 15) is 9.59 Å². The molecule has 2 heterocycles. The van der Waals surface area contributed by atoms with Gasteiger partial charge in [-0.1, -0.05) is 73.7 Å². The van der Waals surface area contributed by atoms with Gasteiger partial charge >= 0.3 is 12.1 Å². The highest BCUT2D eigenvalue weighted by Crippen LogP contribution is 2.39. The summed E-state index contributed by atoms with van der Waals surface area (Å²) in [6.07, 6.45) is 0.919. The van der Waals surface area contributed by atoms with Gasteiger partial charge in [0.05, 0.1) is 19.1 Å². The topological polar surface area (TPSA) is 99.6 Å². The minimum absolute atomic E-state index is 0.0959. The van der Waals surface area contributed by atoms with E-state index in [-0.39, 0.29) is 30.5 Å². The number of hydrogen-bond donors (Lipinski definition) is 1. The summed E-state index contributed by atoms with van der Waals surface area (Å²) in [5.41, 5.74) is 2.56. The minimum Gasteiger partial charge on any atom is -0.484 e. The van der Waals surface area contributed by atoms with E-state index in [1.807, 2.05) is 42.5 Å². The molecule has 8 nitrogen and oxygen atoms in total. The number of benzene rings is 2. The van der Waals surface area contributed by atoms with E-state index >= 15 is 0 Å². The van der Waals surface area contributed by atoms with Crippen LogP contribution in [0.5, 0.6) is 5.75 Å². The van der Waals surface area contributed by atoms with Gasteiger partial charge < -0.3 is 14.2 Å². The molecule has 4 aromatic rings. The summed E-state index contributed by atoms with van der Waals surface area (Å²) in [5.74, 6) is -0.495. The van der Waals surface area contributed by atoms with Crippen molar-refractivity contribution < 1.29 is 23.8 Å². The van der Waals surface area contributed by atoms with Crippen LogP contribution >= 0.6 is 11.6 Å². The van der Waals surface area contributed by atoms with Gasteiger partial charge in [0.2, 0.25) is 0 Å². The van der Waals surface area contributed by atoms with E-state index < -0.39 is 20.1 Å². The summed E-state index contributed by atoms with van der Waals surface area (Å²) in [6.45, 7) is 7.03. The van der Waals surface area contributed by atoms with E-state index in [4.69, 9.17) is 25.8 Å². The molecular weight excluding hydrogens is 534 g/mol. The number of anilines is 1. The molecule has 0 radical (unpaired) electrons. The van der Waals surface area contributed by atoms with Crippen LogP contribution in [-0.4, -0.2) is 43.8 Å². The van der Waals surface area contributed by atoms with Crippen molar-refractivity contribution in [3.63, 3.8) is 0 Å². The summed E-state index contributed by atoms with van der Waals surface area (Å²) in [6, 6.07) is 19.4. The molecule has 0 saturated carbocycles. The van der Waals surface area contributed by atoms with Crippen molar-refractivity contribution in [2.24, 2.45) is 0 Å². The lowest BCUT2D eigenvalue weighted by Gasteiger charge is -2.18. The van der Waals surface area contributed by atoms with Gasteiger partial charge in [0.15, 0.2) is 11.4 Å². The number of nitrogens with one attached hydrogen (secondary N) is 1. The SMILES string of the molecule is COC(=O)c1nc(NC(=O)OCC[Si](C)(C)C)c2c(-c3cccc(Cl)c3)ccnc2c1OCc1ccccc1. The number of fused-ring (bicyclic) bond motifs is 1. The van der Waals surface area contributed by atoms with E-state index in [1.165, 1.54) is 7.11 Å². The number of esters is 1. The van der Waals surface area contributed by atoms with Gasteiger partial charge in [-0.2, -0.15) is 0 Å². The molecule has 0 aliphatic heterocycles. The second kappa shape index (κ2) is 12.3. The Morgan fingerprint density at radius 2 is 1.79 bits per heavy atom. The first kappa shape index (κ1) is 28.1. The zero-order valence-corrected chi connectivity index (χ0v) is 24.0. The van der Waals surface area contributed by atoms with Gasteiger partial charge in [0, 0.05) is 19.3 Å². The van der Waals surface area contributed by atoms with Crippen molar-refractivity contribution in [3.8, 4) is 16.9 Å². The molecule has 2 aromatic carbocycles. The molecule has 2 aromatic heterocycles. The first-order valence-electron chi connectivity index (χ1n) is 12.4. The molecular formula is C29H30ClN3O5Si. The lowest BCUT2D eigenvalue weighted by atomic mass is 10.0. The fourth-order valence-corrected chi connectivity index (χ4v) is 4.78. The first-order chi connectivity index (χ1) is 18.7. The fourth-order valence-electron chi connectivity index (χ4n) is 3.88. The maximum atomic E-state index is 12.9. The zero-order valence-electron chi connectivity index (χ0n) is 22.3. The second-order valence-corrected chi connectivity index (χ2v) is 16.1. The van der Waals surface area contributed by atoms with E-state index in [1.54, 1.807) is 24.4 Å². The zero-order chi connectivity index (χ0) is 28.0. The van der Waals surface area contributed by atoms with Crippen molar-refractivity contribution in [3.05, 3.63) is 83.1 Å². The quantitative estimate of drug-likeness (QED) is 0.170. The van der Waals surface area contributed by atoms with Crippen molar-refractivity contribution in [2.45, 2.75) is 32.3 Å². The van der Waals surface area contributed by atoms with Crippen LogP contribution in [0.25, 0.3) is 22.0 Å². The van der Waals surface area contributed by atoms with Gasteiger partial charge in [-0.3, -0.25) is 10.3 Å². The van der Waals surface area contributed by atoms with E-state index in [0.717, 1.165) is 17.2 Å². The number of halogens is 1. The molecule has 0 bridgehead atoms. The molecule has 0 fully saturated rings. The highest BCUT2D eigenvalue weighted by Gasteiger charge is 2.26. The van der Waals surface area contributed by atoms with E-state index in [0.29, 0.717) is 21.5 Å². The molecule has 0 unspecified atom stereocenters. The third kappa shape index (κ3) is 7.13. The number of amides is 1. The van der Waals surface area contributed by atoms with Gasteiger partial charge in [-0.15, -0.1) is 0 Å². The number of nitrogens with zero attached hydrogens (tertiary/aromatic N) is 2. The number of aromatic nitrogens is 2. The van der Waals surface area contributed by atoms with Crippen LogP contribution in [0.1, 0.15) is 16.1 Å². The molecule has 0 aliphatic rings. The number of hydrogen-bond acceptors (Lipinski definition) is 7. The number of rotatable bonds is 9. The van der Waals surface area contributed by atoms with Crippen molar-refractivity contribution in [2.75, 3.05) is 19.0 Å². The predicted molar refractivity (Wildman–Crippen MR) is 155 cm³/mol. The summed E-state index contributed by atoms with van der Waals surface area (Å²) < 4.78 is 16.6. The van der Waals surface area contributed by atoms with Crippen LogP contribution in [-0.2, 0) is 16.1 Å². The number of methoxy groups -OCH3 is 1. The summed E-state index contributed by atoms with van der Waals surface area (Å²) in [4.78, 5) is 34.8. The molecule has 1 N–H and O–H groups in total. The average Bonchev–Trinajstić information content (AvgIpc) is 2.91. The highest BCUT2D eigenvalue weighted by molar-refractivity contribution is 6.76. The monoisotopic (exact) mass is 563 g/mol. The van der Waals surface area contributed by atoms with Gasteiger partial charge in [-0.05, 0) is 40.9 Å². The fraction of sp³-hybridized carbons (Fsp3) is 0.241. The second-order valence-electron chi connectivity index (χ2n) is 10.1. The van der Waals surface area contributed by atoms with Crippen LogP contribution in [0.3, 0.4) is 0 Å². The Labute approximate surface area is 233 Å². The lowest BCUT2D eigenvalue weighted by molar-refractivity contribution is 0.0588. The molecule has 10 heteroatoms. The van der Waals surface area contributed by atoms with Crippen LogP contribution in [0.4, 0.5) is 10.6 Å². The Morgan fingerprint density at radius 1 is 1.03 bits per heavy atom. The normalized spacial score (nSPS) is 11.2. The molecule has 0 aliphatic carbocycles. The predicted octanol–water partition coefficient (Wildman–Crippen LogP) is 7.20. The Kier molecular flexibility index (Phi) is 8.83. The molecule has 39 heavy (non-hydrogen) atoms. The molecule has 0 saturated heterocycles. The van der Waals surface area contributed by atoms with Crippen LogP contribution in [0.2, 0.25) is 30.7 Å². The third-order valence-corrected chi connectivity index (χ3v) is 7.83. The van der Waals surface area contributed by atoms with Crippen molar-refractivity contribution in [1.82, 2.24) is 9.97 Å². The Morgan fingerprint density at radius 3 is 2.49 bits per heavy atom. The molecule has 202 valence electrons. The Bertz CT molecular complexity index is 1490. The van der Waals surface area contributed by atoms with E-state index in [2.05, 4.69) is 34.9 Å². The van der Waals surface area contributed by atoms with Crippen LogP contribution < -0.4 is 10.1 Å². The third-order valence-electron chi connectivity index (χ3n) is 5.89. The molecule has 0 spiro atoms. The summed E-state index contributed by atoms with van der Waals surface area (Å²) >= 11 is 6.29. The lowest BCUT2D eigenvalue weighted by Crippen LogP contribution is -2.24. The highest BCUT2D eigenvalue weighted by atomic mass is 35.5. The number of pyridine rings is 2. The number of ether oxygens (including phenoxy) is 3. The first-order valence-corrected chi connectivity index (χ1v) is 16.5. The number of carbonyl (C=O) groups excluding carboxylic acids is 2. The van der Waals surface area contributed by atoms with Gasteiger partial charge in [0.25, 0.3) is 0 Å². The van der Waals surface area contributed by atoms with Crippen molar-refractivity contribution >= 4 is 48.5 Å². The minimum atomic E-state index is -1.41. The van der Waals surface area contributed by atoms with Gasteiger partial charge in [0.1, 0.15) is 17.9 Å². The molecule has 1 amide bonds. The summed E-state index contributed by atoms with van der Waals surface area (Å²) in [7, 11) is -0.160. The Hall–Kier alpha value is -3.95. The van der Waals surface area contributed by atoms with Gasteiger partial charge in [-0.25, -0.2) is 14.6 Å². The summed E-state index contributed by atoms with van der Waals surface area (Å²) in [5, 5.41) is 3.73. The molecule has 4 rings (SSSR count). The maximum absolute atomic E-state index is 12.9. The number of carbonyl (C=O) groups is 2. The largest absolute Gasteiger partial charge is 0.484 e. The van der Waals surface area contributed by atoms with Crippen LogP contribution in [0.15, 0.2) is 66.9 Å². The average molecular weight is 564 g/mol. The van der Waals surface area contributed by atoms with Crippen LogP contribution in [0, 0.1) is 0 Å². The smallest absolute Gasteiger partial charge is 0.412 e. The molecule has 0 atom stereocenters. The Balaban J connectivity index is 1.86. The standard InChI is InChI=1S/C29H30ClN3O5Si/c1-36-28(34)25-26(38-18-19-9-6-5-7-10-19)24-23(22(13-14-31-24)20-11-8-12-21(30)17-20)27(32-25)33-29(35)37-15-16-39(2,3)4/h5-14,17H,15-16,18H2,1-4H3,(H,32,33,35). The maximum Gasteiger partial charge on any atom is 0.412 e. The van der Waals surface area contributed by atoms with Crippen molar-refractivity contribution in [1.29, 1.82) is 0 Å².